The van der Waals surface area contributed by atoms with E-state index in [-0.39, 0.29) is 9.26 Å². The molecular formula is C12H3F4IN4. The Kier molecular flexibility index (Phi) is 5.12. The second-order valence-electron chi connectivity index (χ2n) is 3.53. The van der Waals surface area contributed by atoms with Gasteiger partial charge in [-0.1, -0.05) is 0 Å². The monoisotopic (exact) mass is 406 g/mol. The number of benzene rings is 1. The lowest BCUT2D eigenvalue weighted by atomic mass is 10.1. The summed E-state index contributed by atoms with van der Waals surface area (Å²) in [7, 11) is 0. The Morgan fingerprint density at radius 3 is 2.10 bits per heavy atom. The zero-order valence-electron chi connectivity index (χ0n) is 9.89. The Morgan fingerprint density at radius 1 is 1.10 bits per heavy atom. The lowest BCUT2D eigenvalue weighted by Crippen LogP contribution is -2.09. The maximum atomic E-state index is 13.5. The lowest BCUT2D eigenvalue weighted by Gasteiger charge is -2.12. The van der Waals surface area contributed by atoms with Gasteiger partial charge < -0.3 is 5.32 Å². The van der Waals surface area contributed by atoms with Gasteiger partial charge in [0.25, 0.3) is 0 Å². The van der Waals surface area contributed by atoms with Crippen molar-refractivity contribution in [1.29, 1.82) is 15.8 Å². The molecule has 0 atom stereocenters. The van der Waals surface area contributed by atoms with Gasteiger partial charge in [-0.3, -0.25) is 0 Å². The maximum absolute atomic E-state index is 13.5. The van der Waals surface area contributed by atoms with Crippen LogP contribution in [0.4, 0.5) is 23.2 Å². The van der Waals surface area contributed by atoms with Gasteiger partial charge >= 0.3 is 6.18 Å². The van der Waals surface area contributed by atoms with Crippen molar-refractivity contribution in [3.63, 3.8) is 0 Å². The summed E-state index contributed by atoms with van der Waals surface area (Å²) < 4.78 is 51.1. The van der Waals surface area contributed by atoms with Crippen LogP contribution >= 0.6 is 22.6 Å². The molecule has 0 aliphatic carbocycles. The Balaban J connectivity index is 3.43. The Hall–Kier alpha value is -2.32. The number of nitrogens with one attached hydrogen (secondary N) is 1. The zero-order valence-corrected chi connectivity index (χ0v) is 12.0. The summed E-state index contributed by atoms with van der Waals surface area (Å²) in [6.45, 7) is 0. The normalized spacial score (nSPS) is 10.0. The number of nitrogens with zero attached hydrogens (tertiary/aromatic N) is 3. The number of hydrogen-bond acceptors (Lipinski definition) is 4. The fourth-order valence-electron chi connectivity index (χ4n) is 1.26. The molecule has 1 aromatic carbocycles. The molecule has 0 aliphatic rings. The standard InChI is InChI=1S/C12H3F4IN4/c13-8-1-7(12(14,15)16)2-9(11(8)17)21-10(5-20)6(3-18)4-19/h1-2,21H. The second-order valence-corrected chi connectivity index (χ2v) is 4.61. The van der Waals surface area contributed by atoms with E-state index >= 15 is 0 Å². The first-order valence-electron chi connectivity index (χ1n) is 5.02. The van der Waals surface area contributed by atoms with Gasteiger partial charge in [-0.05, 0) is 34.7 Å². The number of anilines is 1. The van der Waals surface area contributed by atoms with E-state index in [0.717, 1.165) is 0 Å². The van der Waals surface area contributed by atoms with Crippen molar-refractivity contribution in [3.05, 3.63) is 38.4 Å². The average molecular weight is 406 g/mol. The minimum absolute atomic E-state index is 0.205. The van der Waals surface area contributed by atoms with Crippen molar-refractivity contribution >= 4 is 28.3 Å². The molecule has 0 saturated heterocycles. The highest BCUT2D eigenvalue weighted by atomic mass is 127. The highest BCUT2D eigenvalue weighted by Gasteiger charge is 2.32. The highest BCUT2D eigenvalue weighted by molar-refractivity contribution is 14.1. The molecule has 0 aromatic heterocycles. The number of halogens is 5. The molecular weight excluding hydrogens is 403 g/mol. The molecule has 0 amide bonds. The van der Waals surface area contributed by atoms with Crippen LogP contribution in [0.15, 0.2) is 23.4 Å². The molecule has 0 heterocycles. The van der Waals surface area contributed by atoms with E-state index in [9.17, 15) is 17.6 Å². The number of hydrogen-bond donors (Lipinski definition) is 1. The molecule has 0 fully saturated rings. The summed E-state index contributed by atoms with van der Waals surface area (Å²) in [5.41, 5.74) is -2.79. The van der Waals surface area contributed by atoms with Crippen LogP contribution in [-0.2, 0) is 6.18 Å². The van der Waals surface area contributed by atoms with Crippen LogP contribution in [0.3, 0.4) is 0 Å². The predicted molar refractivity (Wildman–Crippen MR) is 71.6 cm³/mol. The predicted octanol–water partition coefficient (Wildman–Crippen LogP) is 3.69. The van der Waals surface area contributed by atoms with E-state index in [1.807, 2.05) is 0 Å². The molecule has 1 aromatic rings. The Morgan fingerprint density at radius 2 is 1.67 bits per heavy atom. The molecule has 0 aliphatic heterocycles. The Labute approximate surface area is 130 Å². The van der Waals surface area contributed by atoms with Crippen LogP contribution in [0.25, 0.3) is 0 Å². The smallest absolute Gasteiger partial charge is 0.344 e. The summed E-state index contributed by atoms with van der Waals surface area (Å²) in [4.78, 5) is 0. The van der Waals surface area contributed by atoms with E-state index in [1.54, 1.807) is 0 Å². The first kappa shape index (κ1) is 16.7. The van der Waals surface area contributed by atoms with Crippen LogP contribution in [0, 0.1) is 43.4 Å². The van der Waals surface area contributed by atoms with Gasteiger partial charge in [0.05, 0.1) is 14.8 Å². The Bertz CT molecular complexity index is 716. The van der Waals surface area contributed by atoms with Gasteiger partial charge in [0.1, 0.15) is 29.7 Å². The third-order valence-corrected chi connectivity index (χ3v) is 3.30. The molecule has 0 spiro atoms. The number of rotatable bonds is 2. The zero-order chi connectivity index (χ0) is 16.2. The summed E-state index contributed by atoms with van der Waals surface area (Å²) in [6.07, 6.45) is -4.77. The van der Waals surface area contributed by atoms with E-state index in [2.05, 4.69) is 5.32 Å². The van der Waals surface area contributed by atoms with Gasteiger partial charge in [-0.2, -0.15) is 29.0 Å². The van der Waals surface area contributed by atoms with Gasteiger partial charge in [-0.25, -0.2) is 4.39 Å². The number of allylic oxidation sites excluding steroid dienone is 2. The molecule has 0 unspecified atom stereocenters. The van der Waals surface area contributed by atoms with Crippen molar-refractivity contribution in [2.75, 3.05) is 5.32 Å². The van der Waals surface area contributed by atoms with Crippen molar-refractivity contribution in [1.82, 2.24) is 0 Å². The minimum Gasteiger partial charge on any atom is -0.344 e. The molecule has 9 heteroatoms. The lowest BCUT2D eigenvalue weighted by molar-refractivity contribution is -0.137. The maximum Gasteiger partial charge on any atom is 0.416 e. The quantitative estimate of drug-likeness (QED) is 0.462. The molecule has 1 rings (SSSR count). The van der Waals surface area contributed by atoms with Crippen LogP contribution in [0.5, 0.6) is 0 Å². The molecule has 21 heavy (non-hydrogen) atoms. The SMILES string of the molecule is N#CC(C#N)=C(C#N)Nc1cc(C(F)(F)F)cc(F)c1I. The van der Waals surface area contributed by atoms with Gasteiger partial charge in [0.15, 0.2) is 5.57 Å². The van der Waals surface area contributed by atoms with Crippen molar-refractivity contribution in [3.8, 4) is 18.2 Å². The van der Waals surface area contributed by atoms with E-state index in [0.29, 0.717) is 12.1 Å². The van der Waals surface area contributed by atoms with Crippen LogP contribution in [0.2, 0.25) is 0 Å². The van der Waals surface area contributed by atoms with E-state index in [1.165, 1.54) is 40.8 Å². The molecule has 1 N–H and O–H groups in total. The van der Waals surface area contributed by atoms with Crippen molar-refractivity contribution < 1.29 is 17.6 Å². The van der Waals surface area contributed by atoms with E-state index < -0.39 is 28.8 Å². The highest BCUT2D eigenvalue weighted by Crippen LogP contribution is 2.34. The third kappa shape index (κ3) is 3.83. The minimum atomic E-state index is -4.77. The molecule has 0 radical (unpaired) electrons. The van der Waals surface area contributed by atoms with Crippen LogP contribution < -0.4 is 5.32 Å². The number of nitriles is 3. The molecule has 106 valence electrons. The fraction of sp³-hybridized carbons (Fsp3) is 0.0833. The third-order valence-electron chi connectivity index (χ3n) is 2.20. The molecule has 4 nitrogen and oxygen atoms in total. The van der Waals surface area contributed by atoms with Gasteiger partial charge in [-0.15, -0.1) is 0 Å². The summed E-state index contributed by atoms with van der Waals surface area (Å²) in [5, 5.41) is 28.3. The van der Waals surface area contributed by atoms with Crippen LogP contribution in [-0.4, -0.2) is 0 Å². The summed E-state index contributed by atoms with van der Waals surface area (Å²) >= 11 is 1.44. The van der Waals surface area contributed by atoms with Gasteiger partial charge in [0, 0.05) is 0 Å². The average Bonchev–Trinajstić information content (AvgIpc) is 2.42. The first-order chi connectivity index (χ1) is 9.74. The first-order valence-corrected chi connectivity index (χ1v) is 6.10. The second kappa shape index (κ2) is 6.42. The molecule has 0 bridgehead atoms. The fourth-order valence-corrected chi connectivity index (χ4v) is 1.71. The largest absolute Gasteiger partial charge is 0.416 e. The summed E-state index contributed by atoms with van der Waals surface area (Å²) in [6, 6.07) is 5.22. The number of alkyl halides is 3. The van der Waals surface area contributed by atoms with Crippen molar-refractivity contribution in [2.24, 2.45) is 0 Å². The summed E-state index contributed by atoms with van der Waals surface area (Å²) in [5.74, 6) is -1.14. The van der Waals surface area contributed by atoms with Crippen molar-refractivity contribution in [2.45, 2.75) is 6.18 Å². The topological polar surface area (TPSA) is 83.4 Å². The van der Waals surface area contributed by atoms with Gasteiger partial charge in [0.2, 0.25) is 0 Å². The molecule has 0 saturated carbocycles. The van der Waals surface area contributed by atoms with E-state index in [4.69, 9.17) is 15.8 Å². The van der Waals surface area contributed by atoms with Crippen LogP contribution in [0.1, 0.15) is 5.56 Å².